The summed E-state index contributed by atoms with van der Waals surface area (Å²) in [6.07, 6.45) is 1.79. The maximum Gasteiger partial charge on any atom is 0.414 e. The molecular weight excluding hydrogens is 358 g/mol. The lowest BCUT2D eigenvalue weighted by Gasteiger charge is -2.18. The summed E-state index contributed by atoms with van der Waals surface area (Å²) in [7, 11) is 0. The topological polar surface area (TPSA) is 91.5 Å². The number of benzene rings is 1. The van der Waals surface area contributed by atoms with E-state index >= 15 is 0 Å². The van der Waals surface area contributed by atoms with E-state index in [4.69, 9.17) is 4.74 Å². The number of carbonyl (C=O) groups is 3. The Morgan fingerprint density at radius 1 is 1.29 bits per heavy atom. The Hall–Kier alpha value is -3.09. The van der Waals surface area contributed by atoms with Gasteiger partial charge >= 0.3 is 6.09 Å². The van der Waals surface area contributed by atoms with Gasteiger partial charge in [-0.2, -0.15) is 0 Å². The number of cyclic esters (lactones) is 1. The first kappa shape index (κ1) is 18.3. The fourth-order valence-corrected chi connectivity index (χ4v) is 3.94. The van der Waals surface area contributed by atoms with Crippen molar-refractivity contribution in [1.82, 2.24) is 10.3 Å². The molecule has 0 radical (unpaired) electrons. The van der Waals surface area contributed by atoms with Crippen molar-refractivity contribution in [3.05, 3.63) is 52.3 Å². The molecule has 1 aromatic heterocycles. The summed E-state index contributed by atoms with van der Waals surface area (Å²) in [6, 6.07) is 7.23. The summed E-state index contributed by atoms with van der Waals surface area (Å²) in [6.45, 7) is 4.61. The minimum Gasteiger partial charge on any atom is -0.447 e. The van der Waals surface area contributed by atoms with Crippen LogP contribution in [0.2, 0.25) is 0 Å². The molecule has 7 nitrogen and oxygen atoms in total. The second-order valence-corrected chi connectivity index (χ2v) is 7.31. The predicted octanol–water partition coefficient (Wildman–Crippen LogP) is 3.29. The molecule has 2 heterocycles. The van der Waals surface area contributed by atoms with Crippen LogP contribution in [0, 0.1) is 6.92 Å². The molecule has 1 aromatic carbocycles. The standard InChI is InChI=1S/C21H23N3O4/c1-12-18-16(7-4-8-17(18)25)23-19(12)20(26)22-13(2)14-5-3-6-15(11-14)24-9-10-28-21(24)27/h3,5-6,11,13,23H,4,7-10H2,1-2H3,(H,22,26). The highest BCUT2D eigenvalue weighted by Crippen LogP contribution is 2.27. The molecule has 2 N–H and O–H groups in total. The van der Waals surface area contributed by atoms with Gasteiger partial charge in [0.05, 0.1) is 12.6 Å². The number of aromatic amines is 1. The van der Waals surface area contributed by atoms with Crippen molar-refractivity contribution in [3.8, 4) is 0 Å². The summed E-state index contributed by atoms with van der Waals surface area (Å²) in [5, 5.41) is 2.99. The molecule has 0 spiro atoms. The van der Waals surface area contributed by atoms with Crippen LogP contribution in [0.15, 0.2) is 24.3 Å². The Kier molecular flexibility index (Phi) is 4.66. The lowest BCUT2D eigenvalue weighted by molar-refractivity contribution is 0.0934. The van der Waals surface area contributed by atoms with E-state index in [9.17, 15) is 14.4 Å². The van der Waals surface area contributed by atoms with E-state index in [1.165, 1.54) is 0 Å². The van der Waals surface area contributed by atoms with Crippen molar-refractivity contribution in [3.63, 3.8) is 0 Å². The predicted molar refractivity (Wildman–Crippen MR) is 104 cm³/mol. The highest BCUT2D eigenvalue weighted by molar-refractivity contribution is 6.04. The van der Waals surface area contributed by atoms with Gasteiger partial charge in [0.15, 0.2) is 5.78 Å². The zero-order valence-electron chi connectivity index (χ0n) is 16.0. The maximum absolute atomic E-state index is 12.8. The highest BCUT2D eigenvalue weighted by Gasteiger charge is 2.27. The first-order chi connectivity index (χ1) is 13.5. The van der Waals surface area contributed by atoms with Gasteiger partial charge in [0, 0.05) is 23.4 Å². The average molecular weight is 381 g/mol. The number of nitrogens with one attached hydrogen (secondary N) is 2. The Morgan fingerprint density at radius 3 is 2.82 bits per heavy atom. The van der Waals surface area contributed by atoms with Gasteiger partial charge < -0.3 is 15.0 Å². The van der Waals surface area contributed by atoms with Crippen LogP contribution in [-0.2, 0) is 11.2 Å². The molecule has 1 fully saturated rings. The molecule has 4 rings (SSSR count). The number of aromatic nitrogens is 1. The molecule has 2 amide bonds. The van der Waals surface area contributed by atoms with Gasteiger partial charge in [-0.1, -0.05) is 12.1 Å². The number of rotatable bonds is 4. The van der Waals surface area contributed by atoms with Gasteiger partial charge in [-0.15, -0.1) is 0 Å². The zero-order chi connectivity index (χ0) is 19.8. The summed E-state index contributed by atoms with van der Waals surface area (Å²) in [4.78, 5) is 41.5. The summed E-state index contributed by atoms with van der Waals surface area (Å²) in [5.41, 5.74) is 4.35. The molecule has 28 heavy (non-hydrogen) atoms. The van der Waals surface area contributed by atoms with Crippen LogP contribution >= 0.6 is 0 Å². The van der Waals surface area contributed by atoms with Gasteiger partial charge in [0.2, 0.25) is 0 Å². The lowest BCUT2D eigenvalue weighted by Crippen LogP contribution is -2.28. The third-order valence-electron chi connectivity index (χ3n) is 5.45. The number of ether oxygens (including phenoxy) is 1. The van der Waals surface area contributed by atoms with Gasteiger partial charge in [-0.25, -0.2) is 4.79 Å². The number of carbonyl (C=O) groups excluding carboxylic acids is 3. The molecule has 1 unspecified atom stereocenters. The third kappa shape index (κ3) is 3.17. The van der Waals surface area contributed by atoms with Crippen molar-refractivity contribution in [2.75, 3.05) is 18.1 Å². The number of nitrogens with zero attached hydrogens (tertiary/aromatic N) is 1. The van der Waals surface area contributed by atoms with E-state index in [1.807, 2.05) is 38.1 Å². The number of anilines is 1. The largest absolute Gasteiger partial charge is 0.447 e. The molecular formula is C21H23N3O4. The molecule has 2 aromatic rings. The van der Waals surface area contributed by atoms with Crippen molar-refractivity contribution >= 4 is 23.5 Å². The number of aryl methyl sites for hydroxylation is 1. The maximum atomic E-state index is 12.8. The lowest BCUT2D eigenvalue weighted by atomic mass is 9.94. The molecule has 0 bridgehead atoms. The van der Waals surface area contributed by atoms with Crippen molar-refractivity contribution in [2.24, 2.45) is 0 Å². The van der Waals surface area contributed by atoms with Crippen LogP contribution in [0.1, 0.15) is 63.5 Å². The molecule has 2 aliphatic rings. The number of Topliss-reactive ketones (excluding diaryl/α,β-unsaturated/α-hetero) is 1. The van der Waals surface area contributed by atoms with E-state index in [-0.39, 0.29) is 23.8 Å². The van der Waals surface area contributed by atoms with Gasteiger partial charge in [-0.3, -0.25) is 14.5 Å². The molecule has 1 aliphatic heterocycles. The molecule has 1 saturated heterocycles. The smallest absolute Gasteiger partial charge is 0.414 e. The fourth-order valence-electron chi connectivity index (χ4n) is 3.94. The van der Waals surface area contributed by atoms with E-state index in [2.05, 4.69) is 10.3 Å². The summed E-state index contributed by atoms with van der Waals surface area (Å²) >= 11 is 0. The molecule has 1 atom stereocenters. The quantitative estimate of drug-likeness (QED) is 0.850. The minimum atomic E-state index is -0.355. The first-order valence-corrected chi connectivity index (χ1v) is 9.55. The van der Waals surface area contributed by atoms with Crippen LogP contribution < -0.4 is 10.2 Å². The number of amides is 2. The Labute approximate surface area is 163 Å². The first-order valence-electron chi connectivity index (χ1n) is 9.55. The fraction of sp³-hybridized carbons (Fsp3) is 0.381. The van der Waals surface area contributed by atoms with Gasteiger partial charge in [-0.05, 0) is 49.9 Å². The molecule has 146 valence electrons. The Morgan fingerprint density at radius 2 is 2.11 bits per heavy atom. The normalized spacial score (nSPS) is 17.3. The summed E-state index contributed by atoms with van der Waals surface area (Å²) < 4.78 is 4.99. The second kappa shape index (κ2) is 7.14. The van der Waals surface area contributed by atoms with Crippen LogP contribution in [-0.4, -0.2) is 35.9 Å². The Bertz CT molecular complexity index is 963. The van der Waals surface area contributed by atoms with Crippen LogP contribution in [0.3, 0.4) is 0 Å². The molecule has 0 saturated carbocycles. The van der Waals surface area contributed by atoms with Gasteiger partial charge in [0.1, 0.15) is 12.3 Å². The van der Waals surface area contributed by atoms with E-state index < -0.39 is 0 Å². The minimum absolute atomic E-state index is 0.104. The van der Waals surface area contributed by atoms with Gasteiger partial charge in [0.25, 0.3) is 5.91 Å². The molecule has 7 heteroatoms. The third-order valence-corrected chi connectivity index (χ3v) is 5.45. The number of fused-ring (bicyclic) bond motifs is 1. The zero-order valence-corrected chi connectivity index (χ0v) is 16.0. The number of hydrogen-bond donors (Lipinski definition) is 2. The second-order valence-electron chi connectivity index (χ2n) is 7.31. The van der Waals surface area contributed by atoms with Crippen LogP contribution in [0.25, 0.3) is 0 Å². The van der Waals surface area contributed by atoms with Crippen LogP contribution in [0.4, 0.5) is 10.5 Å². The number of ketones is 1. The monoisotopic (exact) mass is 381 g/mol. The average Bonchev–Trinajstić information content (AvgIpc) is 3.26. The summed E-state index contributed by atoms with van der Waals surface area (Å²) in [5.74, 6) is -0.134. The highest BCUT2D eigenvalue weighted by atomic mass is 16.6. The van der Waals surface area contributed by atoms with E-state index in [1.54, 1.807) is 4.90 Å². The van der Waals surface area contributed by atoms with Crippen molar-refractivity contribution < 1.29 is 19.1 Å². The number of hydrogen-bond acceptors (Lipinski definition) is 4. The molecule has 1 aliphatic carbocycles. The number of H-pyrrole nitrogens is 1. The Balaban J connectivity index is 1.53. The van der Waals surface area contributed by atoms with E-state index in [0.717, 1.165) is 35.3 Å². The van der Waals surface area contributed by atoms with Crippen LogP contribution in [0.5, 0.6) is 0 Å². The van der Waals surface area contributed by atoms with Crippen molar-refractivity contribution in [2.45, 2.75) is 39.2 Å². The van der Waals surface area contributed by atoms with Crippen molar-refractivity contribution in [1.29, 1.82) is 0 Å². The van der Waals surface area contributed by atoms with E-state index in [0.29, 0.717) is 30.8 Å². The SMILES string of the molecule is Cc1c(C(=O)NC(C)c2cccc(N3CCOC3=O)c2)[nH]c2c1C(=O)CCC2.